The molecule has 3 N–H and O–H groups in total. The van der Waals surface area contributed by atoms with Crippen LogP contribution in [0.3, 0.4) is 0 Å². The molecular weight excluding hydrogens is 265 g/mol. The van der Waals surface area contributed by atoms with E-state index in [4.69, 9.17) is 28.9 Å². The number of hydrogen-bond acceptors (Lipinski definition) is 4. The van der Waals surface area contributed by atoms with E-state index in [0.717, 1.165) is 0 Å². The van der Waals surface area contributed by atoms with Gasteiger partial charge in [0.05, 0.1) is 16.6 Å². The van der Waals surface area contributed by atoms with Gasteiger partial charge < -0.3 is 11.1 Å². The Morgan fingerprint density at radius 1 is 1.38 bits per heavy atom. The highest BCUT2D eigenvalue weighted by Gasteiger charge is 2.06. The second-order valence-electron chi connectivity index (χ2n) is 3.12. The van der Waals surface area contributed by atoms with Crippen molar-refractivity contribution in [1.82, 2.24) is 4.98 Å². The SMILES string of the molecule is Nc1nc(NCc2cccs2)c(Cl)cc1Cl. The van der Waals surface area contributed by atoms with Gasteiger partial charge in [-0.25, -0.2) is 4.98 Å². The number of nitrogen functional groups attached to an aromatic ring is 1. The quantitative estimate of drug-likeness (QED) is 0.898. The van der Waals surface area contributed by atoms with Crippen LogP contribution in [0.1, 0.15) is 4.88 Å². The van der Waals surface area contributed by atoms with Crippen LogP contribution in [-0.4, -0.2) is 4.98 Å². The maximum Gasteiger partial charge on any atom is 0.147 e. The molecule has 2 aromatic rings. The summed E-state index contributed by atoms with van der Waals surface area (Å²) in [5, 5.41) is 5.96. The summed E-state index contributed by atoms with van der Waals surface area (Å²) in [5.74, 6) is 0.830. The zero-order valence-corrected chi connectivity index (χ0v) is 10.5. The van der Waals surface area contributed by atoms with E-state index in [2.05, 4.69) is 10.3 Å². The summed E-state index contributed by atoms with van der Waals surface area (Å²) in [6, 6.07) is 5.61. The van der Waals surface area contributed by atoms with E-state index in [9.17, 15) is 0 Å². The summed E-state index contributed by atoms with van der Waals surface area (Å²) in [4.78, 5) is 5.28. The van der Waals surface area contributed by atoms with E-state index in [0.29, 0.717) is 22.4 Å². The number of nitrogens with one attached hydrogen (secondary N) is 1. The minimum atomic E-state index is 0.278. The molecule has 0 aliphatic rings. The average molecular weight is 274 g/mol. The molecule has 6 heteroatoms. The first kappa shape index (κ1) is 11.5. The molecule has 2 aromatic heterocycles. The fourth-order valence-electron chi connectivity index (χ4n) is 1.19. The number of nitrogens with zero attached hydrogens (tertiary/aromatic N) is 1. The minimum Gasteiger partial charge on any atom is -0.382 e. The lowest BCUT2D eigenvalue weighted by Crippen LogP contribution is -2.03. The van der Waals surface area contributed by atoms with Crippen LogP contribution in [0.15, 0.2) is 23.6 Å². The first-order valence-corrected chi connectivity index (χ1v) is 6.18. The molecule has 2 rings (SSSR count). The number of hydrogen-bond donors (Lipinski definition) is 2. The van der Waals surface area contributed by atoms with E-state index in [-0.39, 0.29) is 5.82 Å². The van der Waals surface area contributed by atoms with Gasteiger partial charge in [0.15, 0.2) is 0 Å². The number of nitrogens with two attached hydrogens (primary N) is 1. The smallest absolute Gasteiger partial charge is 0.147 e. The molecule has 0 fully saturated rings. The molecule has 0 saturated heterocycles. The molecule has 0 saturated carbocycles. The monoisotopic (exact) mass is 273 g/mol. The highest BCUT2D eigenvalue weighted by Crippen LogP contribution is 2.27. The Bertz CT molecular complexity index is 485. The first-order chi connectivity index (χ1) is 7.66. The van der Waals surface area contributed by atoms with Gasteiger partial charge in [-0.3, -0.25) is 0 Å². The molecule has 0 atom stereocenters. The van der Waals surface area contributed by atoms with Crippen molar-refractivity contribution in [2.24, 2.45) is 0 Å². The molecule has 84 valence electrons. The Balaban J connectivity index is 2.12. The zero-order valence-electron chi connectivity index (χ0n) is 8.21. The molecule has 16 heavy (non-hydrogen) atoms. The van der Waals surface area contributed by atoms with Crippen molar-refractivity contribution in [3.63, 3.8) is 0 Å². The molecule has 2 heterocycles. The Morgan fingerprint density at radius 3 is 2.88 bits per heavy atom. The van der Waals surface area contributed by atoms with Crippen LogP contribution >= 0.6 is 34.5 Å². The largest absolute Gasteiger partial charge is 0.382 e. The van der Waals surface area contributed by atoms with E-state index < -0.39 is 0 Å². The lowest BCUT2D eigenvalue weighted by molar-refractivity contribution is 1.14. The van der Waals surface area contributed by atoms with E-state index in [1.54, 1.807) is 17.4 Å². The summed E-state index contributed by atoms with van der Waals surface area (Å²) in [6.07, 6.45) is 0. The fourth-order valence-corrected chi connectivity index (χ4v) is 2.26. The number of aromatic nitrogens is 1. The third-order valence-electron chi connectivity index (χ3n) is 1.97. The molecular formula is C10H9Cl2N3S. The fraction of sp³-hybridized carbons (Fsp3) is 0.100. The van der Waals surface area contributed by atoms with Crippen LogP contribution < -0.4 is 11.1 Å². The summed E-state index contributed by atoms with van der Waals surface area (Å²) in [5.41, 5.74) is 5.60. The number of pyridine rings is 1. The van der Waals surface area contributed by atoms with Gasteiger partial charge in [0.2, 0.25) is 0 Å². The maximum absolute atomic E-state index is 5.98. The van der Waals surface area contributed by atoms with Crippen molar-refractivity contribution in [1.29, 1.82) is 0 Å². The van der Waals surface area contributed by atoms with Crippen LogP contribution in [0.4, 0.5) is 11.6 Å². The number of rotatable bonds is 3. The van der Waals surface area contributed by atoms with Crippen LogP contribution in [-0.2, 0) is 6.54 Å². The molecule has 0 radical (unpaired) electrons. The molecule has 0 bridgehead atoms. The lowest BCUT2D eigenvalue weighted by Gasteiger charge is -2.07. The van der Waals surface area contributed by atoms with Crippen LogP contribution in [0.5, 0.6) is 0 Å². The topological polar surface area (TPSA) is 50.9 Å². The van der Waals surface area contributed by atoms with Gasteiger partial charge in [-0.2, -0.15) is 0 Å². The predicted molar refractivity (Wildman–Crippen MR) is 70.3 cm³/mol. The molecule has 0 aromatic carbocycles. The van der Waals surface area contributed by atoms with Crippen LogP contribution in [0, 0.1) is 0 Å². The number of halogens is 2. The van der Waals surface area contributed by atoms with E-state index >= 15 is 0 Å². The maximum atomic E-state index is 5.98. The Labute approximate surface area is 107 Å². The zero-order chi connectivity index (χ0) is 11.5. The lowest BCUT2D eigenvalue weighted by atomic mass is 10.4. The predicted octanol–water partition coefficient (Wildman–Crippen LogP) is 3.64. The standard InChI is InChI=1S/C10H9Cl2N3S/c11-7-4-8(12)10(15-9(7)13)14-5-6-2-1-3-16-6/h1-4H,5H2,(H3,13,14,15). The van der Waals surface area contributed by atoms with Crippen molar-refractivity contribution >= 4 is 46.2 Å². The third kappa shape index (κ3) is 2.58. The van der Waals surface area contributed by atoms with Gasteiger partial charge in [0.1, 0.15) is 11.6 Å². The first-order valence-electron chi connectivity index (χ1n) is 4.54. The van der Waals surface area contributed by atoms with Gasteiger partial charge in [0, 0.05) is 4.88 Å². The van der Waals surface area contributed by atoms with Crippen molar-refractivity contribution in [3.8, 4) is 0 Å². The van der Waals surface area contributed by atoms with E-state index in [1.807, 2.05) is 17.5 Å². The summed E-state index contributed by atoms with van der Waals surface area (Å²) in [6.45, 7) is 0.672. The van der Waals surface area contributed by atoms with Gasteiger partial charge in [-0.15, -0.1) is 11.3 Å². The van der Waals surface area contributed by atoms with Crippen molar-refractivity contribution < 1.29 is 0 Å². The summed E-state index contributed by atoms with van der Waals surface area (Å²) < 4.78 is 0. The van der Waals surface area contributed by atoms with Gasteiger partial charge >= 0.3 is 0 Å². The van der Waals surface area contributed by atoms with E-state index in [1.165, 1.54) is 4.88 Å². The molecule has 0 spiro atoms. The Hall–Kier alpha value is -0.970. The molecule has 0 unspecified atom stereocenters. The highest BCUT2D eigenvalue weighted by atomic mass is 35.5. The number of thiophene rings is 1. The van der Waals surface area contributed by atoms with Crippen molar-refractivity contribution in [2.75, 3.05) is 11.1 Å². The minimum absolute atomic E-state index is 0.278. The second kappa shape index (κ2) is 4.91. The second-order valence-corrected chi connectivity index (χ2v) is 4.97. The average Bonchev–Trinajstić information content (AvgIpc) is 2.74. The third-order valence-corrected chi connectivity index (χ3v) is 3.43. The Kier molecular flexibility index (Phi) is 3.53. The van der Waals surface area contributed by atoms with Crippen molar-refractivity contribution in [3.05, 3.63) is 38.5 Å². The van der Waals surface area contributed by atoms with Gasteiger partial charge in [-0.05, 0) is 17.5 Å². The molecule has 0 amide bonds. The number of anilines is 2. The molecule has 0 aliphatic heterocycles. The van der Waals surface area contributed by atoms with Crippen molar-refractivity contribution in [2.45, 2.75) is 6.54 Å². The van der Waals surface area contributed by atoms with Gasteiger partial charge in [0.25, 0.3) is 0 Å². The molecule has 0 aliphatic carbocycles. The Morgan fingerprint density at radius 2 is 2.19 bits per heavy atom. The van der Waals surface area contributed by atoms with Crippen LogP contribution in [0.2, 0.25) is 10.0 Å². The highest BCUT2D eigenvalue weighted by molar-refractivity contribution is 7.09. The summed E-state index contributed by atoms with van der Waals surface area (Å²) in [7, 11) is 0. The molecule has 3 nitrogen and oxygen atoms in total. The van der Waals surface area contributed by atoms with Crippen LogP contribution in [0.25, 0.3) is 0 Å². The normalized spacial score (nSPS) is 10.4. The van der Waals surface area contributed by atoms with Gasteiger partial charge in [-0.1, -0.05) is 29.3 Å². The summed E-state index contributed by atoms with van der Waals surface area (Å²) >= 11 is 13.4.